The maximum absolute atomic E-state index is 6.26. The molecular formula is C11H16ClN3. The third-order valence-electron chi connectivity index (χ3n) is 2.95. The van der Waals surface area contributed by atoms with E-state index in [0.29, 0.717) is 11.3 Å². The first-order valence-corrected chi connectivity index (χ1v) is 5.85. The monoisotopic (exact) mass is 225 g/mol. The first-order valence-electron chi connectivity index (χ1n) is 5.42. The Morgan fingerprint density at radius 2 is 2.13 bits per heavy atom. The van der Waals surface area contributed by atoms with Crippen molar-refractivity contribution in [2.75, 3.05) is 13.1 Å². The van der Waals surface area contributed by atoms with Crippen LogP contribution in [0.5, 0.6) is 0 Å². The normalized spacial score (nSPS) is 27.1. The third-order valence-corrected chi connectivity index (χ3v) is 3.44. The maximum Gasteiger partial charge on any atom is 0.142 e. The largest absolute Gasteiger partial charge is 0.294 e. The lowest BCUT2D eigenvalue weighted by atomic mass is 10.1. The van der Waals surface area contributed by atoms with E-state index in [4.69, 9.17) is 11.6 Å². The highest BCUT2D eigenvalue weighted by Crippen LogP contribution is 2.25. The zero-order valence-corrected chi connectivity index (χ0v) is 9.69. The fraction of sp³-hybridized carbons (Fsp3) is 0.636. The molecule has 0 radical (unpaired) electrons. The van der Waals surface area contributed by atoms with E-state index in [1.54, 1.807) is 12.4 Å². The van der Waals surface area contributed by atoms with Gasteiger partial charge in [0.05, 0.1) is 11.9 Å². The van der Waals surface area contributed by atoms with E-state index in [1.807, 2.05) is 6.07 Å². The van der Waals surface area contributed by atoms with Crippen LogP contribution in [0.15, 0.2) is 18.5 Å². The van der Waals surface area contributed by atoms with Gasteiger partial charge in [-0.05, 0) is 12.0 Å². The molecule has 0 N–H and O–H groups in total. The Morgan fingerprint density at radius 1 is 1.40 bits per heavy atom. The van der Waals surface area contributed by atoms with E-state index >= 15 is 0 Å². The molecular weight excluding hydrogens is 210 g/mol. The zero-order valence-electron chi connectivity index (χ0n) is 8.93. The van der Waals surface area contributed by atoms with Crippen molar-refractivity contribution in [2.24, 2.45) is 5.92 Å². The van der Waals surface area contributed by atoms with Crippen LogP contribution in [0.1, 0.15) is 19.2 Å². The Morgan fingerprint density at radius 3 is 2.73 bits per heavy atom. The number of nitrogens with zero attached hydrogens (tertiary/aromatic N) is 3. The maximum atomic E-state index is 6.26. The van der Waals surface area contributed by atoms with Crippen molar-refractivity contribution in [3.63, 3.8) is 0 Å². The molecule has 1 saturated heterocycles. The summed E-state index contributed by atoms with van der Waals surface area (Å²) in [7, 11) is 0. The van der Waals surface area contributed by atoms with Crippen molar-refractivity contribution < 1.29 is 0 Å². The van der Waals surface area contributed by atoms with Gasteiger partial charge in [0.25, 0.3) is 0 Å². The molecule has 2 rings (SSSR count). The van der Waals surface area contributed by atoms with Crippen LogP contribution >= 0.6 is 11.6 Å². The number of aromatic nitrogens is 2. The van der Waals surface area contributed by atoms with Gasteiger partial charge in [-0.15, -0.1) is 11.6 Å². The van der Waals surface area contributed by atoms with Crippen LogP contribution < -0.4 is 0 Å². The minimum Gasteiger partial charge on any atom is -0.294 e. The Kier molecular flexibility index (Phi) is 3.54. The molecule has 1 aromatic heterocycles. The lowest BCUT2D eigenvalue weighted by Crippen LogP contribution is -2.21. The zero-order chi connectivity index (χ0) is 10.7. The van der Waals surface area contributed by atoms with Gasteiger partial charge in [-0.3, -0.25) is 4.90 Å². The molecule has 0 aromatic carbocycles. The van der Waals surface area contributed by atoms with E-state index in [-0.39, 0.29) is 0 Å². The SMILES string of the molecule is CCC1CN(Cc2ncccn2)CC1Cl. The lowest BCUT2D eigenvalue weighted by Gasteiger charge is -2.13. The van der Waals surface area contributed by atoms with Gasteiger partial charge < -0.3 is 0 Å². The Hall–Kier alpha value is -0.670. The summed E-state index contributed by atoms with van der Waals surface area (Å²) in [5.74, 6) is 1.51. The lowest BCUT2D eigenvalue weighted by molar-refractivity contribution is 0.307. The molecule has 1 fully saturated rings. The highest BCUT2D eigenvalue weighted by molar-refractivity contribution is 6.21. The molecule has 82 valence electrons. The number of rotatable bonds is 3. The summed E-state index contributed by atoms with van der Waals surface area (Å²) in [4.78, 5) is 10.8. The van der Waals surface area contributed by atoms with Gasteiger partial charge in [-0.25, -0.2) is 9.97 Å². The smallest absolute Gasteiger partial charge is 0.142 e. The van der Waals surface area contributed by atoms with Gasteiger partial charge in [-0.1, -0.05) is 13.3 Å². The van der Waals surface area contributed by atoms with Crippen molar-refractivity contribution in [3.05, 3.63) is 24.3 Å². The average molecular weight is 226 g/mol. The van der Waals surface area contributed by atoms with Gasteiger partial charge in [0, 0.05) is 25.5 Å². The molecule has 2 unspecified atom stereocenters. The van der Waals surface area contributed by atoms with E-state index in [2.05, 4.69) is 21.8 Å². The van der Waals surface area contributed by atoms with Gasteiger partial charge >= 0.3 is 0 Å². The summed E-state index contributed by atoms with van der Waals surface area (Å²) < 4.78 is 0. The number of alkyl halides is 1. The summed E-state index contributed by atoms with van der Waals surface area (Å²) in [6, 6.07) is 1.84. The number of halogens is 1. The van der Waals surface area contributed by atoms with Crippen LogP contribution in [-0.2, 0) is 6.54 Å². The van der Waals surface area contributed by atoms with Gasteiger partial charge in [0.1, 0.15) is 5.82 Å². The first kappa shape index (κ1) is 10.8. The van der Waals surface area contributed by atoms with Crippen LogP contribution in [0.4, 0.5) is 0 Å². The Labute approximate surface area is 95.5 Å². The van der Waals surface area contributed by atoms with Crippen LogP contribution in [0, 0.1) is 5.92 Å². The molecule has 2 atom stereocenters. The van der Waals surface area contributed by atoms with Crippen LogP contribution in [0.25, 0.3) is 0 Å². The van der Waals surface area contributed by atoms with Crippen LogP contribution in [0.2, 0.25) is 0 Å². The highest BCUT2D eigenvalue weighted by atomic mass is 35.5. The van der Waals surface area contributed by atoms with Crippen molar-refractivity contribution in [1.29, 1.82) is 0 Å². The molecule has 1 aliphatic heterocycles. The molecule has 1 aliphatic rings. The van der Waals surface area contributed by atoms with Gasteiger partial charge in [0.15, 0.2) is 0 Å². The number of likely N-dealkylation sites (tertiary alicyclic amines) is 1. The van der Waals surface area contributed by atoms with Crippen molar-refractivity contribution in [2.45, 2.75) is 25.3 Å². The summed E-state index contributed by atoms with van der Waals surface area (Å²) in [5, 5.41) is 0.290. The van der Waals surface area contributed by atoms with E-state index in [9.17, 15) is 0 Å². The summed E-state index contributed by atoms with van der Waals surface area (Å²) in [6.45, 7) is 5.05. The van der Waals surface area contributed by atoms with E-state index < -0.39 is 0 Å². The second-order valence-electron chi connectivity index (χ2n) is 4.04. The standard InChI is InChI=1S/C11H16ClN3/c1-2-9-6-15(7-10(9)12)8-11-13-4-3-5-14-11/h3-5,9-10H,2,6-8H2,1H3. The summed E-state index contributed by atoms with van der Waals surface area (Å²) in [6.07, 6.45) is 4.72. The first-order chi connectivity index (χ1) is 7.29. The topological polar surface area (TPSA) is 29.0 Å². The van der Waals surface area contributed by atoms with Crippen molar-refractivity contribution in [3.8, 4) is 0 Å². The summed E-state index contributed by atoms with van der Waals surface area (Å²) in [5.41, 5.74) is 0. The average Bonchev–Trinajstić information content (AvgIpc) is 2.60. The number of hydrogen-bond acceptors (Lipinski definition) is 3. The fourth-order valence-electron chi connectivity index (χ4n) is 2.04. The van der Waals surface area contributed by atoms with E-state index in [0.717, 1.165) is 31.9 Å². The third kappa shape index (κ3) is 2.67. The van der Waals surface area contributed by atoms with Crippen LogP contribution in [0.3, 0.4) is 0 Å². The van der Waals surface area contributed by atoms with Crippen LogP contribution in [-0.4, -0.2) is 33.3 Å². The molecule has 0 aliphatic carbocycles. The minimum absolute atomic E-state index is 0.290. The number of hydrogen-bond donors (Lipinski definition) is 0. The molecule has 15 heavy (non-hydrogen) atoms. The molecule has 0 bridgehead atoms. The van der Waals surface area contributed by atoms with Crippen molar-refractivity contribution >= 4 is 11.6 Å². The molecule has 2 heterocycles. The Balaban J connectivity index is 1.92. The van der Waals surface area contributed by atoms with E-state index in [1.165, 1.54) is 0 Å². The molecule has 4 heteroatoms. The molecule has 3 nitrogen and oxygen atoms in total. The fourth-order valence-corrected chi connectivity index (χ4v) is 2.49. The Bertz CT molecular complexity index is 304. The molecule has 0 amide bonds. The predicted molar refractivity (Wildman–Crippen MR) is 60.7 cm³/mol. The molecule has 0 saturated carbocycles. The molecule has 0 spiro atoms. The van der Waals surface area contributed by atoms with Gasteiger partial charge in [-0.2, -0.15) is 0 Å². The second kappa shape index (κ2) is 4.90. The highest BCUT2D eigenvalue weighted by Gasteiger charge is 2.29. The predicted octanol–water partition coefficient (Wildman–Crippen LogP) is 1.93. The van der Waals surface area contributed by atoms with Gasteiger partial charge in [0.2, 0.25) is 0 Å². The molecule has 1 aromatic rings. The van der Waals surface area contributed by atoms with Crippen molar-refractivity contribution in [1.82, 2.24) is 14.9 Å². The minimum atomic E-state index is 0.290. The summed E-state index contributed by atoms with van der Waals surface area (Å²) >= 11 is 6.26. The quantitative estimate of drug-likeness (QED) is 0.737. The second-order valence-corrected chi connectivity index (χ2v) is 4.60.